The topological polar surface area (TPSA) is 12.0 Å². The fourth-order valence-corrected chi connectivity index (χ4v) is 3.57. The van der Waals surface area contributed by atoms with Crippen molar-refractivity contribution in [1.29, 1.82) is 0 Å². The molecule has 0 aliphatic carbocycles. The van der Waals surface area contributed by atoms with E-state index in [1.165, 1.54) is 16.8 Å². The first kappa shape index (κ1) is 13.7. The molecule has 1 unspecified atom stereocenters. The molecule has 0 spiro atoms. The van der Waals surface area contributed by atoms with Crippen LogP contribution in [0.2, 0.25) is 0 Å². The summed E-state index contributed by atoms with van der Waals surface area (Å²) in [7, 11) is 0. The summed E-state index contributed by atoms with van der Waals surface area (Å²) in [5.41, 5.74) is 4.26. The zero-order valence-corrected chi connectivity index (χ0v) is 13.6. The lowest BCUT2D eigenvalue weighted by Gasteiger charge is -2.35. The van der Waals surface area contributed by atoms with Gasteiger partial charge in [0.05, 0.1) is 0 Å². The molecule has 1 nitrogen and oxygen atoms in total. The van der Waals surface area contributed by atoms with Gasteiger partial charge >= 0.3 is 0 Å². The van der Waals surface area contributed by atoms with E-state index in [-0.39, 0.29) is 5.54 Å². The minimum absolute atomic E-state index is 0.129. The van der Waals surface area contributed by atoms with Crippen molar-refractivity contribution in [2.24, 2.45) is 5.92 Å². The number of benzene rings is 2. The highest BCUT2D eigenvalue weighted by atomic mass is 79.9. The van der Waals surface area contributed by atoms with Crippen molar-refractivity contribution < 1.29 is 0 Å². The zero-order valence-electron chi connectivity index (χ0n) is 12.0. The van der Waals surface area contributed by atoms with E-state index in [9.17, 15) is 0 Å². The Morgan fingerprint density at radius 3 is 2.65 bits per heavy atom. The van der Waals surface area contributed by atoms with Gasteiger partial charge in [-0.1, -0.05) is 60.1 Å². The maximum absolute atomic E-state index is 3.80. The van der Waals surface area contributed by atoms with Gasteiger partial charge in [-0.2, -0.15) is 0 Å². The Kier molecular flexibility index (Phi) is 3.59. The molecular formula is C18H20BrN. The highest BCUT2D eigenvalue weighted by Gasteiger charge is 2.39. The first-order valence-electron chi connectivity index (χ1n) is 7.20. The second kappa shape index (κ2) is 5.25. The Morgan fingerprint density at radius 2 is 1.95 bits per heavy atom. The molecule has 1 atom stereocenters. The molecule has 1 aliphatic rings. The number of para-hydroxylation sites is 1. The van der Waals surface area contributed by atoms with Crippen LogP contribution in [0.25, 0.3) is 0 Å². The van der Waals surface area contributed by atoms with Crippen LogP contribution >= 0.6 is 15.9 Å². The van der Waals surface area contributed by atoms with E-state index in [1.54, 1.807) is 0 Å². The molecule has 0 radical (unpaired) electrons. The van der Waals surface area contributed by atoms with Crippen molar-refractivity contribution in [3.05, 3.63) is 64.1 Å². The van der Waals surface area contributed by atoms with Crippen molar-refractivity contribution >= 4 is 21.6 Å². The maximum Gasteiger partial charge on any atom is 0.0477 e. The molecule has 0 bridgehead atoms. The van der Waals surface area contributed by atoms with Gasteiger partial charge < -0.3 is 5.32 Å². The summed E-state index contributed by atoms with van der Waals surface area (Å²) >= 11 is 3.57. The smallest absolute Gasteiger partial charge is 0.0477 e. The quantitative estimate of drug-likeness (QED) is 0.830. The fraction of sp³-hybridized carbons (Fsp3) is 0.333. The summed E-state index contributed by atoms with van der Waals surface area (Å²) in [6, 6.07) is 17.3. The number of nitrogens with one attached hydrogen (secondary N) is 1. The molecule has 2 aromatic carbocycles. The van der Waals surface area contributed by atoms with E-state index in [0.717, 1.165) is 17.3 Å². The van der Waals surface area contributed by atoms with Crippen LogP contribution in [0.5, 0.6) is 0 Å². The average molecular weight is 330 g/mol. The molecule has 0 aromatic heterocycles. The lowest BCUT2D eigenvalue weighted by Crippen LogP contribution is -2.44. The summed E-state index contributed by atoms with van der Waals surface area (Å²) < 4.78 is 1.16. The number of fused-ring (bicyclic) bond motifs is 1. The average Bonchev–Trinajstić information content (AvgIpc) is 2.78. The molecule has 3 rings (SSSR count). The van der Waals surface area contributed by atoms with E-state index in [4.69, 9.17) is 0 Å². The Hall–Kier alpha value is -1.28. The van der Waals surface area contributed by atoms with E-state index in [2.05, 4.69) is 83.6 Å². The zero-order chi connectivity index (χ0) is 14.2. The second-order valence-corrected chi connectivity index (χ2v) is 6.99. The third-order valence-electron chi connectivity index (χ3n) is 4.42. The summed E-state index contributed by atoms with van der Waals surface area (Å²) in [4.78, 5) is 0. The monoisotopic (exact) mass is 329 g/mol. The third kappa shape index (κ3) is 2.49. The molecule has 0 saturated carbocycles. The molecule has 1 N–H and O–H groups in total. The van der Waals surface area contributed by atoms with E-state index < -0.39 is 0 Å². The van der Waals surface area contributed by atoms with Crippen LogP contribution < -0.4 is 5.32 Å². The van der Waals surface area contributed by atoms with Gasteiger partial charge in [-0.05, 0) is 48.1 Å². The van der Waals surface area contributed by atoms with Gasteiger partial charge in [0.2, 0.25) is 0 Å². The summed E-state index contributed by atoms with van der Waals surface area (Å²) in [6.45, 7) is 4.63. The Morgan fingerprint density at radius 1 is 1.15 bits per heavy atom. The predicted molar refractivity (Wildman–Crippen MR) is 89.2 cm³/mol. The maximum atomic E-state index is 3.80. The number of hydrogen-bond donors (Lipinski definition) is 1. The lowest BCUT2D eigenvalue weighted by atomic mass is 9.79. The molecule has 104 valence electrons. The van der Waals surface area contributed by atoms with Crippen LogP contribution in [0.4, 0.5) is 5.69 Å². The molecular weight excluding hydrogens is 310 g/mol. The largest absolute Gasteiger partial charge is 0.378 e. The highest BCUT2D eigenvalue weighted by molar-refractivity contribution is 9.10. The van der Waals surface area contributed by atoms with Crippen LogP contribution in [0, 0.1) is 5.92 Å². The molecule has 0 fully saturated rings. The summed E-state index contributed by atoms with van der Waals surface area (Å²) in [6.07, 6.45) is 2.16. The SMILES string of the molecule is CC(C)C1(Cc2cccc(Br)c2)Cc2ccccc2N1. The van der Waals surface area contributed by atoms with Crippen molar-refractivity contribution in [3.63, 3.8) is 0 Å². The van der Waals surface area contributed by atoms with E-state index >= 15 is 0 Å². The Bertz CT molecular complexity index is 593. The van der Waals surface area contributed by atoms with E-state index in [1.807, 2.05) is 0 Å². The van der Waals surface area contributed by atoms with Crippen LogP contribution in [0.3, 0.4) is 0 Å². The lowest BCUT2D eigenvalue weighted by molar-refractivity contribution is 0.350. The normalized spacial score (nSPS) is 20.8. The predicted octanol–water partition coefficient (Wildman–Crippen LogP) is 5.05. The van der Waals surface area contributed by atoms with Gasteiger partial charge in [0, 0.05) is 15.7 Å². The summed E-state index contributed by atoms with van der Waals surface area (Å²) in [5.74, 6) is 0.578. The number of halogens is 1. The van der Waals surface area contributed by atoms with Gasteiger partial charge in [-0.25, -0.2) is 0 Å². The van der Waals surface area contributed by atoms with Gasteiger partial charge in [-0.15, -0.1) is 0 Å². The fourth-order valence-electron chi connectivity index (χ4n) is 3.12. The molecule has 2 heteroatoms. The molecule has 0 saturated heterocycles. The van der Waals surface area contributed by atoms with Gasteiger partial charge in [-0.3, -0.25) is 0 Å². The van der Waals surface area contributed by atoms with Crippen LogP contribution in [0.15, 0.2) is 53.0 Å². The third-order valence-corrected chi connectivity index (χ3v) is 4.91. The van der Waals surface area contributed by atoms with Crippen LogP contribution in [-0.2, 0) is 12.8 Å². The first-order chi connectivity index (χ1) is 9.59. The van der Waals surface area contributed by atoms with Crippen molar-refractivity contribution in [2.75, 3.05) is 5.32 Å². The molecule has 1 heterocycles. The minimum atomic E-state index is 0.129. The van der Waals surface area contributed by atoms with Crippen LogP contribution in [0.1, 0.15) is 25.0 Å². The number of hydrogen-bond acceptors (Lipinski definition) is 1. The van der Waals surface area contributed by atoms with Crippen molar-refractivity contribution in [2.45, 2.75) is 32.2 Å². The first-order valence-corrected chi connectivity index (χ1v) is 7.99. The highest BCUT2D eigenvalue weighted by Crippen LogP contribution is 2.39. The minimum Gasteiger partial charge on any atom is -0.378 e. The Balaban J connectivity index is 1.92. The van der Waals surface area contributed by atoms with Crippen LogP contribution in [-0.4, -0.2) is 5.54 Å². The van der Waals surface area contributed by atoms with Gasteiger partial charge in [0.1, 0.15) is 0 Å². The van der Waals surface area contributed by atoms with E-state index in [0.29, 0.717) is 5.92 Å². The van der Waals surface area contributed by atoms with Crippen molar-refractivity contribution in [3.8, 4) is 0 Å². The standard InChI is InChI=1S/C18H20BrN/c1-13(2)18(11-14-6-5-8-16(19)10-14)12-15-7-3-4-9-17(15)20-18/h3-10,13,20H,11-12H2,1-2H3. The summed E-state index contributed by atoms with van der Waals surface area (Å²) in [5, 5.41) is 3.80. The molecule has 0 amide bonds. The van der Waals surface area contributed by atoms with Gasteiger partial charge in [0.15, 0.2) is 0 Å². The van der Waals surface area contributed by atoms with Crippen molar-refractivity contribution in [1.82, 2.24) is 0 Å². The molecule has 2 aromatic rings. The molecule has 1 aliphatic heterocycles. The Labute approximate surface area is 129 Å². The number of anilines is 1. The molecule has 20 heavy (non-hydrogen) atoms. The second-order valence-electron chi connectivity index (χ2n) is 6.08. The van der Waals surface area contributed by atoms with Gasteiger partial charge in [0.25, 0.3) is 0 Å². The number of rotatable bonds is 3.